The average Bonchev–Trinajstić information content (AvgIpc) is 2.68. The highest BCUT2D eigenvalue weighted by atomic mass is 32.1. The minimum absolute atomic E-state index is 0.402. The molecule has 1 saturated carbocycles. The van der Waals surface area contributed by atoms with Gasteiger partial charge in [0, 0.05) is 18.5 Å². The lowest BCUT2D eigenvalue weighted by Crippen LogP contribution is -2.32. The maximum absolute atomic E-state index is 5.90. The molecular weight excluding hydrogens is 232 g/mol. The number of nitrogens with one attached hydrogen (secondary N) is 1. The number of aromatic nitrogens is 2. The highest BCUT2D eigenvalue weighted by molar-refractivity contribution is 7.15. The monoisotopic (exact) mass is 254 g/mol. The molecule has 2 rings (SSSR count). The van der Waals surface area contributed by atoms with Gasteiger partial charge in [-0.15, -0.1) is 10.2 Å². The molecule has 5 heteroatoms. The second-order valence-corrected chi connectivity index (χ2v) is 6.42. The zero-order valence-corrected chi connectivity index (χ0v) is 11.5. The summed E-state index contributed by atoms with van der Waals surface area (Å²) in [5.41, 5.74) is 5.90. The summed E-state index contributed by atoms with van der Waals surface area (Å²) >= 11 is 1.69. The molecular formula is C12H22N4S. The largest absolute Gasteiger partial charge is 0.357 e. The summed E-state index contributed by atoms with van der Waals surface area (Å²) in [6.45, 7) is 4.41. The molecule has 1 aliphatic rings. The molecule has 0 amide bonds. The molecule has 0 radical (unpaired) electrons. The van der Waals surface area contributed by atoms with E-state index >= 15 is 0 Å². The number of rotatable bonds is 4. The molecule has 1 aliphatic carbocycles. The van der Waals surface area contributed by atoms with Crippen LogP contribution in [0.2, 0.25) is 0 Å². The molecule has 1 aromatic rings. The third-order valence-electron chi connectivity index (χ3n) is 3.15. The molecule has 0 bridgehead atoms. The van der Waals surface area contributed by atoms with E-state index in [0.717, 1.165) is 42.2 Å². The zero-order valence-electron chi connectivity index (χ0n) is 10.6. The predicted octanol–water partition coefficient (Wildman–Crippen LogP) is 2.42. The molecule has 0 aromatic carbocycles. The summed E-state index contributed by atoms with van der Waals surface area (Å²) in [5.74, 6) is 0.642. The van der Waals surface area contributed by atoms with E-state index in [2.05, 4.69) is 29.4 Å². The van der Waals surface area contributed by atoms with E-state index < -0.39 is 0 Å². The lowest BCUT2D eigenvalue weighted by Gasteiger charge is -2.26. The van der Waals surface area contributed by atoms with Crippen LogP contribution in [0.15, 0.2) is 0 Å². The van der Waals surface area contributed by atoms with Crippen molar-refractivity contribution in [1.29, 1.82) is 0 Å². The van der Waals surface area contributed by atoms with Gasteiger partial charge in [0.1, 0.15) is 5.01 Å². The van der Waals surface area contributed by atoms with Crippen molar-refractivity contribution in [3.05, 3.63) is 5.01 Å². The van der Waals surface area contributed by atoms with Crippen molar-refractivity contribution in [2.45, 2.75) is 58.0 Å². The molecule has 1 heterocycles. The van der Waals surface area contributed by atoms with Gasteiger partial charge < -0.3 is 11.1 Å². The molecule has 4 nitrogen and oxygen atoms in total. The first kappa shape index (κ1) is 12.8. The summed E-state index contributed by atoms with van der Waals surface area (Å²) in [4.78, 5) is 0. The Morgan fingerprint density at radius 3 is 2.65 bits per heavy atom. The summed E-state index contributed by atoms with van der Waals surface area (Å²) < 4.78 is 0. The van der Waals surface area contributed by atoms with Crippen LogP contribution < -0.4 is 11.1 Å². The molecule has 0 unspecified atom stereocenters. The van der Waals surface area contributed by atoms with Crippen LogP contribution in [0.25, 0.3) is 0 Å². The molecule has 17 heavy (non-hydrogen) atoms. The minimum atomic E-state index is 0.402. The van der Waals surface area contributed by atoms with Crippen LogP contribution in [0, 0.1) is 5.92 Å². The first-order valence-corrected chi connectivity index (χ1v) is 7.29. The van der Waals surface area contributed by atoms with Gasteiger partial charge in [0.2, 0.25) is 5.13 Å². The van der Waals surface area contributed by atoms with Gasteiger partial charge in [0.25, 0.3) is 0 Å². The van der Waals surface area contributed by atoms with Gasteiger partial charge in [-0.1, -0.05) is 25.2 Å². The first-order valence-electron chi connectivity index (χ1n) is 6.48. The van der Waals surface area contributed by atoms with Crippen LogP contribution in [0.3, 0.4) is 0 Å². The number of anilines is 1. The first-order chi connectivity index (χ1) is 8.13. The van der Waals surface area contributed by atoms with Crippen molar-refractivity contribution in [1.82, 2.24) is 10.2 Å². The molecule has 96 valence electrons. The van der Waals surface area contributed by atoms with Crippen molar-refractivity contribution < 1.29 is 0 Å². The van der Waals surface area contributed by atoms with E-state index in [1.54, 1.807) is 11.3 Å². The molecule has 0 atom stereocenters. The van der Waals surface area contributed by atoms with E-state index in [1.165, 1.54) is 0 Å². The third-order valence-corrected chi connectivity index (χ3v) is 4.03. The van der Waals surface area contributed by atoms with E-state index in [0.29, 0.717) is 18.0 Å². The van der Waals surface area contributed by atoms with Gasteiger partial charge in [-0.25, -0.2) is 0 Å². The Morgan fingerprint density at radius 2 is 2.00 bits per heavy atom. The van der Waals surface area contributed by atoms with Gasteiger partial charge >= 0.3 is 0 Å². The lowest BCUT2D eigenvalue weighted by atomic mass is 9.92. The Kier molecular flexibility index (Phi) is 4.34. The molecule has 1 fully saturated rings. The van der Waals surface area contributed by atoms with Crippen molar-refractivity contribution >= 4 is 16.5 Å². The van der Waals surface area contributed by atoms with Crippen LogP contribution in [-0.2, 0) is 6.42 Å². The summed E-state index contributed by atoms with van der Waals surface area (Å²) in [7, 11) is 0. The third kappa shape index (κ3) is 3.92. The molecule has 3 N–H and O–H groups in total. The van der Waals surface area contributed by atoms with Crippen molar-refractivity contribution in [3.8, 4) is 0 Å². The Balaban J connectivity index is 1.84. The van der Waals surface area contributed by atoms with Crippen LogP contribution in [0.1, 0.15) is 44.5 Å². The maximum atomic E-state index is 5.90. The SMILES string of the molecule is CC(C)Cc1nnc(NC2CCC(N)CC2)s1. The topological polar surface area (TPSA) is 63.8 Å². The lowest BCUT2D eigenvalue weighted by molar-refractivity contribution is 0.411. The highest BCUT2D eigenvalue weighted by Gasteiger charge is 2.19. The number of nitrogens with zero attached hydrogens (tertiary/aromatic N) is 2. The van der Waals surface area contributed by atoms with Gasteiger partial charge in [-0.2, -0.15) is 0 Å². The second-order valence-electron chi connectivity index (χ2n) is 5.35. The second kappa shape index (κ2) is 5.78. The van der Waals surface area contributed by atoms with Gasteiger partial charge in [0.05, 0.1) is 0 Å². The summed E-state index contributed by atoms with van der Waals surface area (Å²) in [6.07, 6.45) is 5.57. The van der Waals surface area contributed by atoms with Crippen LogP contribution >= 0.6 is 11.3 Å². The highest BCUT2D eigenvalue weighted by Crippen LogP contribution is 2.24. The van der Waals surface area contributed by atoms with E-state index in [1.807, 2.05) is 0 Å². The molecule has 0 saturated heterocycles. The maximum Gasteiger partial charge on any atom is 0.205 e. The predicted molar refractivity (Wildman–Crippen MR) is 72.3 cm³/mol. The normalized spacial score (nSPS) is 25.2. The van der Waals surface area contributed by atoms with Crippen LogP contribution in [0.4, 0.5) is 5.13 Å². The van der Waals surface area contributed by atoms with Crippen molar-refractivity contribution in [3.63, 3.8) is 0 Å². The number of hydrogen-bond acceptors (Lipinski definition) is 5. The standard InChI is InChI=1S/C12H22N4S/c1-8(2)7-11-15-16-12(17-11)14-10-5-3-9(13)4-6-10/h8-10H,3-7,13H2,1-2H3,(H,14,16). The molecule has 0 spiro atoms. The summed E-state index contributed by atoms with van der Waals surface area (Å²) in [6, 6.07) is 0.939. The zero-order chi connectivity index (χ0) is 12.3. The molecule has 0 aliphatic heterocycles. The Hall–Kier alpha value is -0.680. The van der Waals surface area contributed by atoms with Crippen molar-refractivity contribution in [2.75, 3.05) is 5.32 Å². The minimum Gasteiger partial charge on any atom is -0.357 e. The van der Waals surface area contributed by atoms with Crippen LogP contribution in [0.5, 0.6) is 0 Å². The van der Waals surface area contributed by atoms with Gasteiger partial charge in [-0.05, 0) is 31.6 Å². The Labute approximate surface area is 107 Å². The van der Waals surface area contributed by atoms with E-state index in [9.17, 15) is 0 Å². The fourth-order valence-corrected chi connectivity index (χ4v) is 3.21. The van der Waals surface area contributed by atoms with Gasteiger partial charge in [-0.3, -0.25) is 0 Å². The van der Waals surface area contributed by atoms with Gasteiger partial charge in [0.15, 0.2) is 0 Å². The fraction of sp³-hybridized carbons (Fsp3) is 0.833. The van der Waals surface area contributed by atoms with Crippen LogP contribution in [-0.4, -0.2) is 22.3 Å². The quantitative estimate of drug-likeness (QED) is 0.866. The van der Waals surface area contributed by atoms with Crippen molar-refractivity contribution in [2.24, 2.45) is 11.7 Å². The van der Waals surface area contributed by atoms with E-state index in [-0.39, 0.29) is 0 Å². The summed E-state index contributed by atoms with van der Waals surface area (Å²) in [5, 5.41) is 14.0. The number of nitrogens with two attached hydrogens (primary N) is 1. The Morgan fingerprint density at radius 1 is 1.29 bits per heavy atom. The average molecular weight is 254 g/mol. The fourth-order valence-electron chi connectivity index (χ4n) is 2.18. The van der Waals surface area contributed by atoms with E-state index in [4.69, 9.17) is 5.73 Å². The molecule has 1 aromatic heterocycles. The number of hydrogen-bond donors (Lipinski definition) is 2. The smallest absolute Gasteiger partial charge is 0.205 e. The Bertz CT molecular complexity index is 342.